The molecule has 0 amide bonds. The first-order valence-electron chi connectivity index (χ1n) is 17.4. The Bertz CT molecular complexity index is 2200. The number of hydrogen-bond acceptors (Lipinski definition) is 6. The summed E-state index contributed by atoms with van der Waals surface area (Å²) in [6.45, 7) is 8.19. The van der Waals surface area contributed by atoms with E-state index in [0.29, 0.717) is 13.2 Å². The number of hydrogen-bond donors (Lipinski definition) is 1. The van der Waals surface area contributed by atoms with Crippen LogP contribution in [0.2, 0.25) is 0 Å². The number of methoxy groups -OCH3 is 2. The predicted octanol–water partition coefficient (Wildman–Crippen LogP) is 9.66. The molecular formula is C44H42N2O4. The van der Waals surface area contributed by atoms with Crippen LogP contribution in [0.15, 0.2) is 102 Å². The lowest BCUT2D eigenvalue weighted by Crippen LogP contribution is -2.35. The highest BCUT2D eigenvalue weighted by molar-refractivity contribution is 6.09. The van der Waals surface area contributed by atoms with E-state index in [1.807, 2.05) is 24.4 Å². The van der Waals surface area contributed by atoms with Crippen LogP contribution in [-0.4, -0.2) is 33.7 Å². The summed E-state index contributed by atoms with van der Waals surface area (Å²) in [7, 11) is 3.41. The maximum Gasteiger partial charge on any atom is 0.178 e. The number of aliphatic imine (C=N–C) groups is 1. The minimum atomic E-state index is -0.897. The van der Waals surface area contributed by atoms with Crippen molar-refractivity contribution in [3.05, 3.63) is 131 Å². The van der Waals surface area contributed by atoms with Crippen LogP contribution in [0.1, 0.15) is 67.0 Å². The van der Waals surface area contributed by atoms with Crippen LogP contribution in [0.5, 0.6) is 23.0 Å². The lowest BCUT2D eigenvalue weighted by atomic mass is 9.76. The summed E-state index contributed by atoms with van der Waals surface area (Å²) < 4.78 is 24.9. The van der Waals surface area contributed by atoms with Crippen LogP contribution in [0.25, 0.3) is 33.5 Å². The Morgan fingerprint density at radius 2 is 1.54 bits per heavy atom. The molecule has 0 fully saturated rings. The van der Waals surface area contributed by atoms with Gasteiger partial charge in [0.15, 0.2) is 5.60 Å². The topological polar surface area (TPSA) is 61.3 Å². The molecule has 8 rings (SSSR count). The lowest BCUT2D eigenvalue weighted by Gasteiger charge is -2.38. The lowest BCUT2D eigenvalue weighted by molar-refractivity contribution is 0.163. The van der Waals surface area contributed by atoms with Crippen molar-refractivity contribution < 1.29 is 18.9 Å². The molecule has 1 atom stereocenters. The van der Waals surface area contributed by atoms with Gasteiger partial charge in [0.1, 0.15) is 23.0 Å². The van der Waals surface area contributed by atoms with E-state index >= 15 is 0 Å². The Labute approximate surface area is 294 Å². The second kappa shape index (κ2) is 12.4. The molecule has 0 saturated carbocycles. The average Bonchev–Trinajstić information content (AvgIpc) is 3.41. The van der Waals surface area contributed by atoms with Crippen molar-refractivity contribution in [2.45, 2.75) is 44.6 Å². The van der Waals surface area contributed by atoms with Crippen molar-refractivity contribution in [2.75, 3.05) is 27.4 Å². The summed E-state index contributed by atoms with van der Waals surface area (Å²) in [5.74, 6) is 3.32. The molecule has 2 heterocycles. The molecule has 0 bridgehead atoms. The fourth-order valence-electron chi connectivity index (χ4n) is 7.79. The first kappa shape index (κ1) is 31.8. The molecule has 5 aromatic carbocycles. The summed E-state index contributed by atoms with van der Waals surface area (Å²) in [4.78, 5) is 4.46. The molecule has 1 unspecified atom stereocenters. The van der Waals surface area contributed by atoms with Gasteiger partial charge in [-0.25, -0.2) is 0 Å². The molecule has 3 aliphatic rings. The smallest absolute Gasteiger partial charge is 0.178 e. The van der Waals surface area contributed by atoms with Gasteiger partial charge in [0.2, 0.25) is 0 Å². The van der Waals surface area contributed by atoms with E-state index in [1.165, 1.54) is 33.4 Å². The second-order valence-corrected chi connectivity index (χ2v) is 13.7. The van der Waals surface area contributed by atoms with Gasteiger partial charge in [-0.3, -0.25) is 4.99 Å². The van der Waals surface area contributed by atoms with Gasteiger partial charge >= 0.3 is 0 Å². The predicted molar refractivity (Wildman–Crippen MR) is 203 cm³/mol. The maximum absolute atomic E-state index is 7.48. The summed E-state index contributed by atoms with van der Waals surface area (Å²) >= 11 is 0. The summed E-state index contributed by atoms with van der Waals surface area (Å²) in [5, 5.41) is 5.32. The number of ether oxygens (including phenoxy) is 4. The first-order valence-corrected chi connectivity index (χ1v) is 17.4. The highest BCUT2D eigenvalue weighted by Crippen LogP contribution is 2.58. The molecule has 6 heteroatoms. The zero-order chi connectivity index (χ0) is 34.5. The van der Waals surface area contributed by atoms with Crippen LogP contribution in [-0.2, 0) is 11.0 Å². The van der Waals surface area contributed by atoms with Crippen molar-refractivity contribution in [2.24, 2.45) is 4.99 Å². The number of nitrogens with one attached hydrogen (secondary N) is 1. The van der Waals surface area contributed by atoms with E-state index in [-0.39, 0.29) is 5.41 Å². The highest BCUT2D eigenvalue weighted by Gasteiger charge is 2.44. The van der Waals surface area contributed by atoms with E-state index in [1.54, 1.807) is 20.6 Å². The molecule has 50 heavy (non-hydrogen) atoms. The fraction of sp³-hybridized carbons (Fsp3) is 0.250. The second-order valence-electron chi connectivity index (χ2n) is 13.7. The third-order valence-electron chi connectivity index (χ3n) is 10.5. The van der Waals surface area contributed by atoms with Gasteiger partial charge in [-0.05, 0) is 99.8 Å². The van der Waals surface area contributed by atoms with E-state index in [2.05, 4.69) is 110 Å². The van der Waals surface area contributed by atoms with Gasteiger partial charge in [0.25, 0.3) is 0 Å². The Balaban J connectivity index is 1.33. The number of fused-ring (bicyclic) bond motifs is 8. The molecule has 2 aliphatic heterocycles. The minimum absolute atomic E-state index is 0.306. The molecule has 0 aromatic heterocycles. The monoisotopic (exact) mass is 662 g/mol. The van der Waals surface area contributed by atoms with Crippen molar-refractivity contribution >= 4 is 28.8 Å². The Morgan fingerprint density at radius 3 is 2.22 bits per heavy atom. The average molecular weight is 663 g/mol. The van der Waals surface area contributed by atoms with E-state index in [9.17, 15) is 0 Å². The van der Waals surface area contributed by atoms with Crippen molar-refractivity contribution in [3.63, 3.8) is 0 Å². The molecule has 0 radical (unpaired) electrons. The number of nitrogens with zero attached hydrogens (tertiary/aromatic N) is 1. The first-order chi connectivity index (χ1) is 24.4. The van der Waals surface area contributed by atoms with Crippen LogP contribution in [0, 0.1) is 0 Å². The largest absolute Gasteiger partial charge is 0.497 e. The summed E-state index contributed by atoms with van der Waals surface area (Å²) in [5.41, 5.74) is 9.29. The minimum Gasteiger partial charge on any atom is -0.497 e. The molecule has 0 saturated heterocycles. The van der Waals surface area contributed by atoms with Gasteiger partial charge < -0.3 is 24.3 Å². The normalized spacial score (nSPS) is 18.0. The van der Waals surface area contributed by atoms with Crippen molar-refractivity contribution in [1.82, 2.24) is 5.32 Å². The van der Waals surface area contributed by atoms with Crippen LogP contribution in [0.3, 0.4) is 0 Å². The number of benzene rings is 5. The van der Waals surface area contributed by atoms with E-state index < -0.39 is 5.60 Å². The Morgan fingerprint density at radius 1 is 0.820 bits per heavy atom. The molecular weight excluding hydrogens is 620 g/mol. The summed E-state index contributed by atoms with van der Waals surface area (Å²) in [6.07, 6.45) is 10.4. The maximum atomic E-state index is 7.48. The van der Waals surface area contributed by atoms with E-state index in [4.69, 9.17) is 18.9 Å². The SMILES string of the molecule is CCCCOc1ccc(C2(c3ccc(OC)cc3)C=Cc3c4c(c5cc(OC)ccc5c3O2)-c2ccc(C3=CNC=NC3)cc2C4(C)C)cc1. The van der Waals surface area contributed by atoms with Gasteiger partial charge in [0.05, 0.1) is 33.7 Å². The standard InChI is InChI=1S/C44H42N2O4/c1-6-7-22-49-33-15-11-31(12-16-33)44(30-9-13-32(47-4)14-10-30)21-20-37-41-40(38-24-34(48-5)17-19-35(38)42(37)50-44)36-18-8-28(23-39(36)43(41,2)3)29-25-45-27-46-26-29/h8-21,23-25,27H,6-7,22,26H2,1-5H3,(H,45,46). The van der Waals surface area contributed by atoms with Gasteiger partial charge in [-0.15, -0.1) is 0 Å². The number of unbranched alkanes of at least 4 members (excludes halogenated alkanes) is 1. The summed E-state index contributed by atoms with van der Waals surface area (Å²) in [6, 6.07) is 29.7. The third-order valence-corrected chi connectivity index (χ3v) is 10.5. The Kier molecular flexibility index (Phi) is 7.90. The van der Waals surface area contributed by atoms with Crippen molar-refractivity contribution in [3.8, 4) is 34.1 Å². The fourth-order valence-corrected chi connectivity index (χ4v) is 7.79. The molecule has 5 aromatic rings. The quantitative estimate of drug-likeness (QED) is 0.159. The zero-order valence-electron chi connectivity index (χ0n) is 29.3. The molecule has 252 valence electrons. The van der Waals surface area contributed by atoms with Crippen LogP contribution in [0.4, 0.5) is 0 Å². The van der Waals surface area contributed by atoms with Crippen LogP contribution >= 0.6 is 0 Å². The van der Waals surface area contributed by atoms with Crippen molar-refractivity contribution in [1.29, 1.82) is 0 Å². The number of rotatable bonds is 9. The molecule has 6 nitrogen and oxygen atoms in total. The van der Waals surface area contributed by atoms with Gasteiger partial charge in [-0.2, -0.15) is 0 Å². The van der Waals surface area contributed by atoms with Gasteiger partial charge in [-0.1, -0.05) is 69.7 Å². The van der Waals surface area contributed by atoms with E-state index in [0.717, 1.165) is 63.3 Å². The molecule has 0 spiro atoms. The zero-order valence-corrected chi connectivity index (χ0v) is 29.3. The Hall–Kier alpha value is -5.49. The highest BCUT2D eigenvalue weighted by atomic mass is 16.5. The van der Waals surface area contributed by atoms with Crippen LogP contribution < -0.4 is 24.3 Å². The molecule has 1 N–H and O–H groups in total. The molecule has 1 aliphatic carbocycles. The third kappa shape index (κ3) is 5.04. The van der Waals surface area contributed by atoms with Gasteiger partial charge in [0, 0.05) is 33.7 Å².